The van der Waals surface area contributed by atoms with E-state index in [1.54, 1.807) is 0 Å². The molecule has 2 aliphatic carbocycles. The summed E-state index contributed by atoms with van der Waals surface area (Å²) < 4.78 is 5.63. The SMILES string of the molecule is COC1(CC(CCC2CC2)NN)CCC1. The Kier molecular flexibility index (Phi) is 3.65. The first-order valence-corrected chi connectivity index (χ1v) is 6.29. The molecule has 2 rings (SSSR count). The fraction of sp³-hybridized carbons (Fsp3) is 1.00. The summed E-state index contributed by atoms with van der Waals surface area (Å²) in [5, 5.41) is 0. The molecule has 0 aromatic carbocycles. The Labute approximate surface area is 92.7 Å². The molecule has 0 radical (unpaired) electrons. The van der Waals surface area contributed by atoms with E-state index < -0.39 is 0 Å². The van der Waals surface area contributed by atoms with Crippen LogP contribution < -0.4 is 11.3 Å². The maximum Gasteiger partial charge on any atom is 0.0694 e. The number of ether oxygens (including phenoxy) is 1. The predicted molar refractivity (Wildman–Crippen MR) is 61.3 cm³/mol. The van der Waals surface area contributed by atoms with Crippen molar-refractivity contribution in [2.45, 2.75) is 63.0 Å². The molecule has 0 spiro atoms. The highest BCUT2D eigenvalue weighted by Gasteiger charge is 2.39. The van der Waals surface area contributed by atoms with Gasteiger partial charge in [-0.15, -0.1) is 0 Å². The molecule has 2 fully saturated rings. The van der Waals surface area contributed by atoms with E-state index in [1.165, 1.54) is 44.9 Å². The third-order valence-electron chi connectivity index (χ3n) is 4.17. The van der Waals surface area contributed by atoms with Crippen molar-refractivity contribution in [3.05, 3.63) is 0 Å². The van der Waals surface area contributed by atoms with Gasteiger partial charge in [-0.05, 0) is 44.4 Å². The van der Waals surface area contributed by atoms with Crippen LogP contribution in [-0.2, 0) is 4.74 Å². The summed E-state index contributed by atoms with van der Waals surface area (Å²) in [6.45, 7) is 0. The van der Waals surface area contributed by atoms with Gasteiger partial charge in [0.05, 0.1) is 5.60 Å². The normalized spacial score (nSPS) is 26.0. The van der Waals surface area contributed by atoms with Crippen LogP contribution in [0.4, 0.5) is 0 Å². The number of methoxy groups -OCH3 is 1. The van der Waals surface area contributed by atoms with Crippen molar-refractivity contribution in [2.24, 2.45) is 11.8 Å². The first kappa shape index (κ1) is 11.4. The molecule has 0 amide bonds. The minimum atomic E-state index is 0.153. The van der Waals surface area contributed by atoms with Crippen LogP contribution >= 0.6 is 0 Å². The van der Waals surface area contributed by atoms with Gasteiger partial charge in [0.2, 0.25) is 0 Å². The van der Waals surface area contributed by atoms with Gasteiger partial charge in [-0.2, -0.15) is 0 Å². The molecule has 15 heavy (non-hydrogen) atoms. The fourth-order valence-corrected chi connectivity index (χ4v) is 2.60. The molecule has 0 aliphatic heterocycles. The second kappa shape index (κ2) is 4.81. The highest BCUT2D eigenvalue weighted by atomic mass is 16.5. The zero-order valence-electron chi connectivity index (χ0n) is 9.80. The smallest absolute Gasteiger partial charge is 0.0694 e. The van der Waals surface area contributed by atoms with E-state index in [1.807, 2.05) is 7.11 Å². The van der Waals surface area contributed by atoms with Crippen molar-refractivity contribution in [3.8, 4) is 0 Å². The molecule has 0 bridgehead atoms. The highest BCUT2D eigenvalue weighted by Crippen LogP contribution is 2.40. The number of hydrogen-bond acceptors (Lipinski definition) is 3. The molecule has 0 heterocycles. The molecule has 3 nitrogen and oxygen atoms in total. The van der Waals surface area contributed by atoms with Crippen LogP contribution in [0.15, 0.2) is 0 Å². The summed E-state index contributed by atoms with van der Waals surface area (Å²) in [5.41, 5.74) is 3.12. The minimum absolute atomic E-state index is 0.153. The molecule has 88 valence electrons. The maximum absolute atomic E-state index is 5.63. The molecule has 3 heteroatoms. The topological polar surface area (TPSA) is 47.3 Å². The number of hydrogen-bond donors (Lipinski definition) is 2. The van der Waals surface area contributed by atoms with Gasteiger partial charge in [0, 0.05) is 13.2 Å². The quantitative estimate of drug-likeness (QED) is 0.501. The average Bonchev–Trinajstić information content (AvgIpc) is 3.00. The molecule has 0 saturated heterocycles. The summed E-state index contributed by atoms with van der Waals surface area (Å²) in [6, 6.07) is 0.450. The molecule has 0 aromatic rings. The summed E-state index contributed by atoms with van der Waals surface area (Å²) in [6.07, 6.45) is 10.3. The van der Waals surface area contributed by atoms with Gasteiger partial charge in [0.15, 0.2) is 0 Å². The van der Waals surface area contributed by atoms with Crippen molar-refractivity contribution in [1.29, 1.82) is 0 Å². The third kappa shape index (κ3) is 2.92. The van der Waals surface area contributed by atoms with Crippen molar-refractivity contribution in [2.75, 3.05) is 7.11 Å². The summed E-state index contributed by atoms with van der Waals surface area (Å²) in [4.78, 5) is 0. The van der Waals surface area contributed by atoms with Crippen LogP contribution in [0.5, 0.6) is 0 Å². The van der Waals surface area contributed by atoms with E-state index in [4.69, 9.17) is 10.6 Å². The van der Waals surface area contributed by atoms with Crippen LogP contribution in [0, 0.1) is 5.92 Å². The number of rotatable bonds is 7. The van der Waals surface area contributed by atoms with Gasteiger partial charge in [0.1, 0.15) is 0 Å². The molecular weight excluding hydrogens is 188 g/mol. The Hall–Kier alpha value is -0.120. The van der Waals surface area contributed by atoms with Gasteiger partial charge in [-0.25, -0.2) is 0 Å². The van der Waals surface area contributed by atoms with Crippen LogP contribution in [0.1, 0.15) is 51.4 Å². The summed E-state index contributed by atoms with van der Waals surface area (Å²) in [5.74, 6) is 6.62. The first-order valence-electron chi connectivity index (χ1n) is 6.29. The van der Waals surface area contributed by atoms with E-state index in [0.717, 1.165) is 12.3 Å². The first-order chi connectivity index (χ1) is 7.28. The Morgan fingerprint density at radius 3 is 2.60 bits per heavy atom. The number of nitrogens with two attached hydrogens (primary N) is 1. The van der Waals surface area contributed by atoms with Crippen molar-refractivity contribution >= 4 is 0 Å². The minimum Gasteiger partial charge on any atom is -0.378 e. The standard InChI is InChI=1S/C12H24N2O/c1-15-12(7-2-8-12)9-11(14-13)6-5-10-3-4-10/h10-11,14H,2-9,13H2,1H3. The lowest BCUT2D eigenvalue weighted by molar-refractivity contribution is -0.0840. The Morgan fingerprint density at radius 2 is 2.20 bits per heavy atom. The van der Waals surface area contributed by atoms with Gasteiger partial charge in [0.25, 0.3) is 0 Å². The lowest BCUT2D eigenvalue weighted by Crippen LogP contribution is -2.47. The zero-order valence-corrected chi connectivity index (χ0v) is 9.80. The largest absolute Gasteiger partial charge is 0.378 e. The van der Waals surface area contributed by atoms with Crippen molar-refractivity contribution < 1.29 is 4.74 Å². The zero-order chi connectivity index (χ0) is 10.7. The average molecular weight is 212 g/mol. The summed E-state index contributed by atoms with van der Waals surface area (Å²) in [7, 11) is 1.84. The Bertz CT molecular complexity index is 194. The van der Waals surface area contributed by atoms with E-state index in [9.17, 15) is 0 Å². The van der Waals surface area contributed by atoms with Crippen LogP contribution in [-0.4, -0.2) is 18.8 Å². The highest BCUT2D eigenvalue weighted by molar-refractivity contribution is 4.93. The van der Waals surface area contributed by atoms with Crippen molar-refractivity contribution in [3.63, 3.8) is 0 Å². The second-order valence-corrected chi connectivity index (χ2v) is 5.33. The molecule has 0 aromatic heterocycles. The second-order valence-electron chi connectivity index (χ2n) is 5.33. The Morgan fingerprint density at radius 1 is 1.47 bits per heavy atom. The third-order valence-corrected chi connectivity index (χ3v) is 4.17. The van der Waals surface area contributed by atoms with Crippen LogP contribution in [0.3, 0.4) is 0 Å². The number of hydrazine groups is 1. The molecule has 3 N–H and O–H groups in total. The fourth-order valence-electron chi connectivity index (χ4n) is 2.60. The monoisotopic (exact) mass is 212 g/mol. The van der Waals surface area contributed by atoms with Gasteiger partial charge < -0.3 is 4.74 Å². The molecule has 1 atom stereocenters. The lowest BCUT2D eigenvalue weighted by Gasteiger charge is -2.42. The molecule has 2 saturated carbocycles. The molecule has 1 unspecified atom stereocenters. The maximum atomic E-state index is 5.63. The van der Waals surface area contributed by atoms with E-state index >= 15 is 0 Å². The van der Waals surface area contributed by atoms with Crippen LogP contribution in [0.25, 0.3) is 0 Å². The Balaban J connectivity index is 1.72. The van der Waals surface area contributed by atoms with Gasteiger partial charge in [-0.3, -0.25) is 11.3 Å². The van der Waals surface area contributed by atoms with Gasteiger partial charge >= 0.3 is 0 Å². The number of nitrogens with one attached hydrogen (secondary N) is 1. The predicted octanol–water partition coefficient (Wildman–Crippen LogP) is 1.97. The van der Waals surface area contributed by atoms with Gasteiger partial charge in [-0.1, -0.05) is 12.8 Å². The lowest BCUT2D eigenvalue weighted by atomic mass is 9.75. The van der Waals surface area contributed by atoms with Crippen molar-refractivity contribution in [1.82, 2.24) is 5.43 Å². The van der Waals surface area contributed by atoms with E-state index in [0.29, 0.717) is 6.04 Å². The van der Waals surface area contributed by atoms with E-state index in [-0.39, 0.29) is 5.60 Å². The molecule has 2 aliphatic rings. The summed E-state index contributed by atoms with van der Waals surface area (Å²) >= 11 is 0. The van der Waals surface area contributed by atoms with Crippen LogP contribution in [0.2, 0.25) is 0 Å². The van der Waals surface area contributed by atoms with E-state index in [2.05, 4.69) is 5.43 Å². The molecular formula is C12H24N2O.